The zero-order valence-corrected chi connectivity index (χ0v) is 20.7. The predicted molar refractivity (Wildman–Crippen MR) is 131 cm³/mol. The van der Waals surface area contributed by atoms with Crippen molar-refractivity contribution in [3.05, 3.63) is 99.0 Å². The van der Waals surface area contributed by atoms with Crippen molar-refractivity contribution in [2.24, 2.45) is 5.92 Å². The Morgan fingerprint density at radius 1 is 0.875 bits per heavy atom. The standard InChI is InChI=1S/C24H24Cl3NO3S/c1-3-16(2)23(28-32(30,31)22-6-4-5-21(27)15-22)24(29,17-7-11-19(25)12-8-17)18-9-13-20(26)14-10-18/h4-16,23,28-29H,3H2,1-2H3/t16-,23-/m0/s1. The highest BCUT2D eigenvalue weighted by Gasteiger charge is 2.44. The van der Waals surface area contributed by atoms with E-state index >= 15 is 0 Å². The number of halogens is 3. The minimum absolute atomic E-state index is 0.0212. The third-order valence-corrected chi connectivity index (χ3v) is 7.80. The summed E-state index contributed by atoms with van der Waals surface area (Å²) in [5, 5.41) is 13.5. The van der Waals surface area contributed by atoms with Crippen LogP contribution in [0.15, 0.2) is 77.7 Å². The van der Waals surface area contributed by atoms with E-state index in [-0.39, 0.29) is 10.8 Å². The second-order valence-electron chi connectivity index (χ2n) is 7.72. The molecule has 32 heavy (non-hydrogen) atoms. The van der Waals surface area contributed by atoms with E-state index in [9.17, 15) is 13.5 Å². The van der Waals surface area contributed by atoms with Crippen molar-refractivity contribution < 1.29 is 13.5 Å². The van der Waals surface area contributed by atoms with E-state index in [1.54, 1.807) is 60.7 Å². The average molecular weight is 513 g/mol. The maximum atomic E-state index is 13.3. The monoisotopic (exact) mass is 511 g/mol. The molecule has 3 rings (SSSR count). The van der Waals surface area contributed by atoms with Crippen LogP contribution in [-0.4, -0.2) is 19.6 Å². The molecule has 170 valence electrons. The summed E-state index contributed by atoms with van der Waals surface area (Å²) in [7, 11) is -4.00. The first kappa shape index (κ1) is 25.0. The van der Waals surface area contributed by atoms with E-state index in [2.05, 4.69) is 4.72 Å². The van der Waals surface area contributed by atoms with Crippen molar-refractivity contribution in [2.45, 2.75) is 36.8 Å². The summed E-state index contributed by atoms with van der Waals surface area (Å²) >= 11 is 18.2. The van der Waals surface area contributed by atoms with Crippen LogP contribution >= 0.6 is 34.8 Å². The fourth-order valence-corrected chi connectivity index (χ4v) is 5.57. The third kappa shape index (κ3) is 5.30. The number of sulfonamides is 1. The van der Waals surface area contributed by atoms with Gasteiger partial charge in [-0.05, 0) is 59.5 Å². The second kappa shape index (κ2) is 10.1. The molecule has 4 nitrogen and oxygen atoms in total. The predicted octanol–water partition coefficient (Wildman–Crippen LogP) is 6.28. The fraction of sp³-hybridized carbons (Fsp3) is 0.250. The van der Waals surface area contributed by atoms with Crippen molar-refractivity contribution in [2.75, 3.05) is 0 Å². The van der Waals surface area contributed by atoms with E-state index < -0.39 is 21.7 Å². The van der Waals surface area contributed by atoms with Crippen LogP contribution in [0.25, 0.3) is 0 Å². The van der Waals surface area contributed by atoms with Crippen LogP contribution in [-0.2, 0) is 15.6 Å². The van der Waals surface area contributed by atoms with Gasteiger partial charge in [-0.25, -0.2) is 13.1 Å². The van der Waals surface area contributed by atoms with Gasteiger partial charge in [-0.2, -0.15) is 0 Å². The lowest BCUT2D eigenvalue weighted by Crippen LogP contribution is -2.54. The van der Waals surface area contributed by atoms with Crippen molar-refractivity contribution in [1.29, 1.82) is 0 Å². The Morgan fingerprint density at radius 3 is 1.81 bits per heavy atom. The van der Waals surface area contributed by atoms with Crippen LogP contribution in [0.1, 0.15) is 31.4 Å². The van der Waals surface area contributed by atoms with Crippen LogP contribution in [0.2, 0.25) is 15.1 Å². The summed E-state index contributed by atoms with van der Waals surface area (Å²) in [5.74, 6) is -0.236. The van der Waals surface area contributed by atoms with Gasteiger partial charge in [-0.15, -0.1) is 0 Å². The molecule has 0 bridgehead atoms. The number of rotatable bonds is 8. The zero-order chi connectivity index (χ0) is 23.5. The smallest absolute Gasteiger partial charge is 0.241 e. The zero-order valence-electron chi connectivity index (χ0n) is 17.6. The minimum atomic E-state index is -4.00. The van der Waals surface area contributed by atoms with Gasteiger partial charge in [0.15, 0.2) is 0 Å². The van der Waals surface area contributed by atoms with Gasteiger partial charge in [0.05, 0.1) is 10.9 Å². The molecular formula is C24H24Cl3NO3S. The van der Waals surface area contributed by atoms with Crippen LogP contribution < -0.4 is 4.72 Å². The van der Waals surface area contributed by atoms with Gasteiger partial charge in [0.2, 0.25) is 10.0 Å². The highest BCUT2D eigenvalue weighted by atomic mass is 35.5. The van der Waals surface area contributed by atoms with E-state index in [0.29, 0.717) is 32.6 Å². The average Bonchev–Trinajstić information content (AvgIpc) is 2.77. The number of nitrogens with one attached hydrogen (secondary N) is 1. The molecule has 0 saturated carbocycles. The fourth-order valence-electron chi connectivity index (χ4n) is 3.65. The molecule has 0 saturated heterocycles. The summed E-state index contributed by atoms with van der Waals surface area (Å²) in [5.41, 5.74) is -0.692. The summed E-state index contributed by atoms with van der Waals surface area (Å²) in [6, 6.07) is 18.5. The molecule has 0 spiro atoms. The number of benzene rings is 3. The van der Waals surface area contributed by atoms with Crippen LogP contribution in [0.5, 0.6) is 0 Å². The molecule has 2 atom stereocenters. The first-order valence-corrected chi connectivity index (χ1v) is 12.7. The summed E-state index contributed by atoms with van der Waals surface area (Å²) in [4.78, 5) is 0.0212. The van der Waals surface area contributed by atoms with Gasteiger partial charge in [-0.3, -0.25) is 0 Å². The Morgan fingerprint density at radius 2 is 1.38 bits per heavy atom. The van der Waals surface area contributed by atoms with E-state index in [1.807, 2.05) is 13.8 Å². The van der Waals surface area contributed by atoms with Crippen LogP contribution in [0.4, 0.5) is 0 Å². The van der Waals surface area contributed by atoms with Gasteiger partial charge in [0.1, 0.15) is 5.60 Å². The lowest BCUT2D eigenvalue weighted by molar-refractivity contribution is 0.0247. The molecule has 2 N–H and O–H groups in total. The molecule has 0 radical (unpaired) electrons. The molecule has 0 aliphatic rings. The van der Waals surface area contributed by atoms with Gasteiger partial charge in [-0.1, -0.05) is 85.4 Å². The molecule has 0 heterocycles. The molecule has 0 aromatic heterocycles. The molecule has 0 aliphatic carbocycles. The topological polar surface area (TPSA) is 66.4 Å². The Bertz CT molecular complexity index is 1120. The van der Waals surface area contributed by atoms with Crippen LogP contribution in [0, 0.1) is 5.92 Å². The molecule has 3 aromatic rings. The lowest BCUT2D eigenvalue weighted by Gasteiger charge is -2.40. The second-order valence-corrected chi connectivity index (χ2v) is 10.7. The first-order chi connectivity index (χ1) is 15.1. The Labute approximate surface area is 204 Å². The van der Waals surface area contributed by atoms with Gasteiger partial charge in [0.25, 0.3) is 0 Å². The quantitative estimate of drug-likeness (QED) is 0.373. The van der Waals surface area contributed by atoms with Gasteiger partial charge in [0, 0.05) is 15.1 Å². The van der Waals surface area contributed by atoms with Gasteiger partial charge < -0.3 is 5.11 Å². The molecule has 8 heteroatoms. The largest absolute Gasteiger partial charge is 0.379 e. The van der Waals surface area contributed by atoms with E-state index in [4.69, 9.17) is 34.8 Å². The lowest BCUT2D eigenvalue weighted by atomic mass is 9.75. The SMILES string of the molecule is CC[C@H](C)[C@H](NS(=O)(=O)c1cccc(Cl)c1)C(O)(c1ccc(Cl)cc1)c1ccc(Cl)cc1. The maximum absolute atomic E-state index is 13.3. The normalized spacial score (nSPS) is 14.2. The highest BCUT2D eigenvalue weighted by molar-refractivity contribution is 7.89. The van der Waals surface area contributed by atoms with Crippen molar-refractivity contribution in [1.82, 2.24) is 4.72 Å². The molecule has 0 fully saturated rings. The number of aliphatic hydroxyl groups is 1. The van der Waals surface area contributed by atoms with Crippen molar-refractivity contribution >= 4 is 44.8 Å². The Kier molecular flexibility index (Phi) is 7.92. The number of hydrogen-bond donors (Lipinski definition) is 2. The summed E-state index contributed by atoms with van der Waals surface area (Å²) in [6.45, 7) is 3.83. The first-order valence-electron chi connectivity index (χ1n) is 10.1. The van der Waals surface area contributed by atoms with E-state index in [0.717, 1.165) is 0 Å². The molecule has 0 amide bonds. The molecule has 0 aliphatic heterocycles. The molecule has 3 aromatic carbocycles. The van der Waals surface area contributed by atoms with Gasteiger partial charge >= 0.3 is 0 Å². The van der Waals surface area contributed by atoms with Crippen molar-refractivity contribution in [3.63, 3.8) is 0 Å². The molecular weight excluding hydrogens is 489 g/mol. The van der Waals surface area contributed by atoms with Crippen molar-refractivity contribution in [3.8, 4) is 0 Å². The third-order valence-electron chi connectivity index (χ3n) is 5.62. The minimum Gasteiger partial charge on any atom is -0.379 e. The summed E-state index contributed by atoms with van der Waals surface area (Å²) < 4.78 is 29.4. The number of hydrogen-bond acceptors (Lipinski definition) is 3. The van der Waals surface area contributed by atoms with E-state index in [1.165, 1.54) is 12.1 Å². The summed E-state index contributed by atoms with van der Waals surface area (Å²) in [6.07, 6.45) is 0.617. The molecule has 0 unspecified atom stereocenters. The maximum Gasteiger partial charge on any atom is 0.241 e. The Hall–Kier alpha value is -1.60. The van der Waals surface area contributed by atoms with Crippen LogP contribution in [0.3, 0.4) is 0 Å². The Balaban J connectivity index is 2.19. The highest BCUT2D eigenvalue weighted by Crippen LogP contribution is 2.38.